The van der Waals surface area contributed by atoms with Gasteiger partial charge in [0.15, 0.2) is 6.10 Å². The zero-order valence-electron chi connectivity index (χ0n) is 10.2. The summed E-state index contributed by atoms with van der Waals surface area (Å²) in [5.41, 5.74) is 0.397. The third kappa shape index (κ3) is 2.13. The monoisotopic (exact) mass is 236 g/mol. The van der Waals surface area contributed by atoms with E-state index in [0.717, 1.165) is 11.3 Å². The molecule has 0 radical (unpaired) electrons. The van der Waals surface area contributed by atoms with Crippen LogP contribution in [0.4, 0.5) is 0 Å². The lowest BCUT2D eigenvalue weighted by molar-refractivity contribution is -0.142. The van der Waals surface area contributed by atoms with E-state index < -0.39 is 11.7 Å². The van der Waals surface area contributed by atoms with E-state index in [1.54, 1.807) is 0 Å². The zero-order chi connectivity index (χ0) is 12.5. The smallest absolute Gasteiger partial charge is 0.338 e. The highest BCUT2D eigenvalue weighted by Gasteiger charge is 2.59. The molecular formula is C13H16O4. The van der Waals surface area contributed by atoms with Crippen LogP contribution < -0.4 is 4.74 Å². The lowest BCUT2D eigenvalue weighted by Gasteiger charge is -2.08. The van der Waals surface area contributed by atoms with Crippen molar-refractivity contribution in [3.05, 3.63) is 29.8 Å². The Morgan fingerprint density at radius 3 is 2.59 bits per heavy atom. The van der Waals surface area contributed by atoms with Gasteiger partial charge < -0.3 is 14.2 Å². The maximum absolute atomic E-state index is 11.4. The maximum Gasteiger partial charge on any atom is 0.338 e. The van der Waals surface area contributed by atoms with E-state index in [-0.39, 0.29) is 5.97 Å². The second kappa shape index (κ2) is 4.37. The van der Waals surface area contributed by atoms with Gasteiger partial charge >= 0.3 is 5.97 Å². The molecule has 0 saturated carbocycles. The van der Waals surface area contributed by atoms with Crippen LogP contribution >= 0.6 is 0 Å². The van der Waals surface area contributed by atoms with Crippen LogP contribution in [-0.4, -0.2) is 25.8 Å². The summed E-state index contributed by atoms with van der Waals surface area (Å²) < 4.78 is 15.4. The van der Waals surface area contributed by atoms with Gasteiger partial charge in [-0.25, -0.2) is 4.79 Å². The number of ether oxygens (including phenoxy) is 3. The number of methoxy groups -OCH3 is 1. The van der Waals surface area contributed by atoms with Crippen molar-refractivity contribution < 1.29 is 19.0 Å². The topological polar surface area (TPSA) is 48.1 Å². The highest BCUT2D eigenvalue weighted by molar-refractivity contribution is 5.79. The molecule has 0 aliphatic carbocycles. The van der Waals surface area contributed by atoms with Gasteiger partial charge in [-0.05, 0) is 31.5 Å². The standard InChI is InChI=1S/C13H16O4/c1-4-16-10-7-5-9(6-8-10)13(2)11(17-13)12(14)15-3/h5-8,11H,4H2,1-3H3. The van der Waals surface area contributed by atoms with Crippen LogP contribution in [0.15, 0.2) is 24.3 Å². The average molecular weight is 236 g/mol. The molecule has 1 aromatic rings. The highest BCUT2D eigenvalue weighted by Crippen LogP contribution is 2.46. The maximum atomic E-state index is 11.4. The SMILES string of the molecule is CCOc1ccc(C2(C)OC2C(=O)OC)cc1. The fourth-order valence-corrected chi connectivity index (χ4v) is 1.86. The summed E-state index contributed by atoms with van der Waals surface area (Å²) in [7, 11) is 1.36. The Bertz CT molecular complexity index is 412. The third-order valence-electron chi connectivity index (χ3n) is 2.96. The molecule has 1 aliphatic heterocycles. The third-order valence-corrected chi connectivity index (χ3v) is 2.96. The first-order chi connectivity index (χ1) is 8.11. The van der Waals surface area contributed by atoms with Crippen LogP contribution in [0.1, 0.15) is 19.4 Å². The van der Waals surface area contributed by atoms with Crippen molar-refractivity contribution in [2.24, 2.45) is 0 Å². The van der Waals surface area contributed by atoms with Crippen molar-refractivity contribution in [3.63, 3.8) is 0 Å². The van der Waals surface area contributed by atoms with Crippen molar-refractivity contribution in [2.75, 3.05) is 13.7 Å². The van der Waals surface area contributed by atoms with Gasteiger partial charge in [-0.1, -0.05) is 12.1 Å². The second-order valence-corrected chi connectivity index (χ2v) is 4.09. The quantitative estimate of drug-likeness (QED) is 0.591. The Hall–Kier alpha value is -1.55. The number of epoxide rings is 1. The molecule has 1 aromatic carbocycles. The van der Waals surface area contributed by atoms with Crippen molar-refractivity contribution in [3.8, 4) is 5.75 Å². The summed E-state index contributed by atoms with van der Waals surface area (Å²) in [6, 6.07) is 7.57. The number of carbonyl (C=O) groups is 1. The van der Waals surface area contributed by atoms with Crippen LogP contribution in [0.5, 0.6) is 5.75 Å². The van der Waals surface area contributed by atoms with Gasteiger partial charge in [-0.2, -0.15) is 0 Å². The predicted octanol–water partition coefficient (Wildman–Crippen LogP) is 1.87. The van der Waals surface area contributed by atoms with Crippen LogP contribution in [0.3, 0.4) is 0 Å². The molecule has 0 aromatic heterocycles. The lowest BCUT2D eigenvalue weighted by atomic mass is 9.97. The molecule has 92 valence electrons. The number of benzene rings is 1. The molecular weight excluding hydrogens is 220 g/mol. The summed E-state index contributed by atoms with van der Waals surface area (Å²) in [6.45, 7) is 4.45. The fourth-order valence-electron chi connectivity index (χ4n) is 1.86. The summed E-state index contributed by atoms with van der Waals surface area (Å²) >= 11 is 0. The van der Waals surface area contributed by atoms with Gasteiger partial charge in [0.1, 0.15) is 11.4 Å². The molecule has 2 rings (SSSR count). The van der Waals surface area contributed by atoms with Gasteiger partial charge in [0, 0.05) is 0 Å². The number of esters is 1. The van der Waals surface area contributed by atoms with E-state index in [4.69, 9.17) is 9.47 Å². The molecule has 0 spiro atoms. The first kappa shape index (κ1) is 11.9. The van der Waals surface area contributed by atoms with E-state index in [2.05, 4.69) is 4.74 Å². The summed E-state index contributed by atoms with van der Waals surface area (Å²) in [5.74, 6) is 0.483. The Kier molecular flexibility index (Phi) is 3.07. The van der Waals surface area contributed by atoms with Gasteiger partial charge in [-0.15, -0.1) is 0 Å². The lowest BCUT2D eigenvalue weighted by Crippen LogP contribution is -2.17. The predicted molar refractivity (Wildman–Crippen MR) is 61.9 cm³/mol. The first-order valence-corrected chi connectivity index (χ1v) is 5.60. The van der Waals surface area contributed by atoms with Gasteiger partial charge in [0.05, 0.1) is 13.7 Å². The molecule has 1 heterocycles. The number of rotatable bonds is 4. The Morgan fingerprint density at radius 1 is 1.41 bits per heavy atom. The molecule has 2 atom stereocenters. The minimum absolute atomic E-state index is 0.332. The molecule has 1 fully saturated rings. The van der Waals surface area contributed by atoms with Crippen molar-refractivity contribution >= 4 is 5.97 Å². The van der Waals surface area contributed by atoms with Gasteiger partial charge in [0.2, 0.25) is 0 Å². The van der Waals surface area contributed by atoms with E-state index in [1.165, 1.54) is 7.11 Å². The number of hydrogen-bond acceptors (Lipinski definition) is 4. The Morgan fingerprint density at radius 2 is 2.06 bits per heavy atom. The van der Waals surface area contributed by atoms with Gasteiger partial charge in [-0.3, -0.25) is 0 Å². The largest absolute Gasteiger partial charge is 0.494 e. The first-order valence-electron chi connectivity index (χ1n) is 5.60. The Labute approximate surface area is 100 Å². The van der Waals surface area contributed by atoms with Crippen LogP contribution in [0.25, 0.3) is 0 Å². The molecule has 1 saturated heterocycles. The van der Waals surface area contributed by atoms with E-state index in [9.17, 15) is 4.79 Å². The van der Waals surface area contributed by atoms with Crippen molar-refractivity contribution in [2.45, 2.75) is 25.6 Å². The summed E-state index contributed by atoms with van der Waals surface area (Å²) in [4.78, 5) is 11.4. The van der Waals surface area contributed by atoms with Crippen LogP contribution in [-0.2, 0) is 19.9 Å². The normalized spacial score (nSPS) is 26.4. The Balaban J connectivity index is 2.11. The molecule has 4 nitrogen and oxygen atoms in total. The minimum atomic E-state index is -0.558. The summed E-state index contributed by atoms with van der Waals surface area (Å²) in [6.07, 6.45) is -0.495. The minimum Gasteiger partial charge on any atom is -0.494 e. The second-order valence-electron chi connectivity index (χ2n) is 4.09. The molecule has 2 unspecified atom stereocenters. The number of carbonyl (C=O) groups excluding carboxylic acids is 1. The number of hydrogen-bond donors (Lipinski definition) is 0. The van der Waals surface area contributed by atoms with Gasteiger partial charge in [0.25, 0.3) is 0 Å². The van der Waals surface area contributed by atoms with Crippen molar-refractivity contribution in [1.29, 1.82) is 0 Å². The molecule has 0 bridgehead atoms. The molecule has 17 heavy (non-hydrogen) atoms. The zero-order valence-corrected chi connectivity index (χ0v) is 10.2. The van der Waals surface area contributed by atoms with E-state index in [0.29, 0.717) is 6.61 Å². The molecule has 1 aliphatic rings. The van der Waals surface area contributed by atoms with Crippen LogP contribution in [0, 0.1) is 0 Å². The fraction of sp³-hybridized carbons (Fsp3) is 0.462. The molecule has 0 N–H and O–H groups in total. The average Bonchev–Trinajstić information content (AvgIpc) is 3.03. The van der Waals surface area contributed by atoms with Crippen molar-refractivity contribution in [1.82, 2.24) is 0 Å². The molecule has 4 heteroatoms. The highest BCUT2D eigenvalue weighted by atomic mass is 16.6. The summed E-state index contributed by atoms with van der Waals surface area (Å²) in [5, 5.41) is 0. The molecule has 0 amide bonds. The van der Waals surface area contributed by atoms with E-state index >= 15 is 0 Å². The van der Waals surface area contributed by atoms with E-state index in [1.807, 2.05) is 38.1 Å². The van der Waals surface area contributed by atoms with Crippen LogP contribution in [0.2, 0.25) is 0 Å².